The van der Waals surface area contributed by atoms with E-state index in [1.165, 1.54) is 31.3 Å². The first kappa shape index (κ1) is 51.6. The third-order valence-corrected chi connectivity index (χ3v) is 12.5. The second kappa shape index (κ2) is 21.1. The highest BCUT2D eigenvalue weighted by atomic mass is 35.5. The van der Waals surface area contributed by atoms with Gasteiger partial charge in [0.1, 0.15) is 34.7 Å². The van der Waals surface area contributed by atoms with Gasteiger partial charge >= 0.3 is 12.1 Å². The number of esters is 1. The molecule has 0 spiro atoms. The number of hydrogen-bond acceptors (Lipinski definition) is 14. The fourth-order valence-corrected chi connectivity index (χ4v) is 8.42. The number of ether oxygens (including phenoxy) is 8. The summed E-state index contributed by atoms with van der Waals surface area (Å²) in [6.45, 7) is 16.3. The number of carbonyl (C=O) groups excluding carboxylic acids is 5. The topological polar surface area (TPSA) is 201 Å². The molecule has 65 heavy (non-hydrogen) atoms. The summed E-state index contributed by atoms with van der Waals surface area (Å²) < 4.78 is 47.3. The predicted molar refractivity (Wildman–Crippen MR) is 239 cm³/mol. The van der Waals surface area contributed by atoms with E-state index in [2.05, 4.69) is 5.32 Å². The number of aliphatic hydroxyl groups is 1. The highest BCUT2D eigenvalue weighted by Gasteiger charge is 2.64. The van der Waals surface area contributed by atoms with Crippen LogP contribution >= 0.6 is 11.6 Å². The van der Waals surface area contributed by atoms with Gasteiger partial charge in [-0.15, -0.1) is 0 Å². The van der Waals surface area contributed by atoms with E-state index in [1.54, 1.807) is 52.1 Å². The number of benzene rings is 1. The molecule has 1 aromatic rings. The number of halogens is 1. The number of carbonyl (C=O) groups is 5. The number of alkyl carbamates (subject to hydrolysis) is 1. The SMILES string of the molecule is COc1cc2cc(c1Cl)N(C)C(=O)C[C@H](OC(=O)[C@H](C)OCC(C)(C)COCC(C)(C)COCCN1C(=O)C=CC1=O)[C@]1(C)O[C@H]1[C@H](C)C1C[C@@](O)(NC(=O)O1)[C@H](OC)/C=C/C=C(\C)C2. The van der Waals surface area contributed by atoms with Gasteiger partial charge in [-0.05, 0) is 44.9 Å². The van der Waals surface area contributed by atoms with Gasteiger partial charge in [-0.25, -0.2) is 9.59 Å². The van der Waals surface area contributed by atoms with Crippen LogP contribution in [-0.2, 0) is 58.8 Å². The van der Waals surface area contributed by atoms with Crippen molar-refractivity contribution in [3.63, 3.8) is 0 Å². The van der Waals surface area contributed by atoms with E-state index in [4.69, 9.17) is 49.5 Å². The average Bonchev–Trinajstić information content (AvgIpc) is 3.83. The van der Waals surface area contributed by atoms with Crippen molar-refractivity contribution in [3.05, 3.63) is 58.7 Å². The van der Waals surface area contributed by atoms with Crippen LogP contribution in [0, 0.1) is 16.7 Å². The van der Waals surface area contributed by atoms with Crippen molar-refractivity contribution in [2.75, 3.05) is 65.7 Å². The van der Waals surface area contributed by atoms with Crippen molar-refractivity contribution in [1.82, 2.24) is 10.2 Å². The van der Waals surface area contributed by atoms with Gasteiger partial charge in [0.15, 0.2) is 11.8 Å². The zero-order valence-electron chi connectivity index (χ0n) is 39.4. The number of imide groups is 1. The predicted octanol–water partition coefficient (Wildman–Crippen LogP) is 5.08. The summed E-state index contributed by atoms with van der Waals surface area (Å²) >= 11 is 6.81. The highest BCUT2D eigenvalue weighted by molar-refractivity contribution is 6.35. The third-order valence-electron chi connectivity index (χ3n) is 12.1. The molecule has 0 radical (unpaired) electrons. The van der Waals surface area contributed by atoms with Gasteiger partial charge in [-0.3, -0.25) is 24.6 Å². The standard InChI is InChI=1S/C47H66ClN3O14/c1-28-13-12-14-35(59-11)47(57)23-34(63-43(56)49-47)29(2)41-46(8,65-41)36(22-39(54)50(9)32-20-31(19-28)21-33(58-10)40(32)48)64-42(55)30(3)62-27-45(6,7)26-61-25-44(4,5)24-60-18-17-51-37(52)15-16-38(51)53/h12-16,20-21,29-30,34-36,41,57H,17-19,22-27H2,1-11H3,(H,49,56)/b14-12+,28-13+/t29-,30+,34?,35-,36+,41+,46+,47+/m1/s1. The van der Waals surface area contributed by atoms with Gasteiger partial charge < -0.3 is 47.9 Å². The molecule has 1 aromatic carbocycles. The van der Waals surface area contributed by atoms with Crippen molar-refractivity contribution >= 4 is 47.1 Å². The van der Waals surface area contributed by atoms with Gasteiger partial charge in [-0.2, -0.15) is 0 Å². The molecular weight excluding hydrogens is 866 g/mol. The van der Waals surface area contributed by atoms with E-state index in [1.807, 2.05) is 40.7 Å². The van der Waals surface area contributed by atoms with Gasteiger partial charge in [0.2, 0.25) is 5.91 Å². The molecule has 4 aliphatic heterocycles. The Morgan fingerprint density at radius 3 is 2.32 bits per heavy atom. The maximum absolute atomic E-state index is 14.3. The van der Waals surface area contributed by atoms with Crippen molar-refractivity contribution in [1.29, 1.82) is 0 Å². The van der Waals surface area contributed by atoms with E-state index in [9.17, 15) is 29.1 Å². The third kappa shape index (κ3) is 13.0. The molecule has 4 amide bonds. The molecule has 0 aromatic heterocycles. The Hall–Kier alpha value is -4.36. The highest BCUT2D eigenvalue weighted by Crippen LogP contribution is 2.49. The lowest BCUT2D eigenvalue weighted by atomic mass is 9.83. The molecule has 2 saturated heterocycles. The number of epoxide rings is 1. The Bertz CT molecular complexity index is 2020. The van der Waals surface area contributed by atoms with Crippen LogP contribution < -0.4 is 15.0 Å². The van der Waals surface area contributed by atoms with Crippen LogP contribution in [0.15, 0.2) is 48.1 Å². The fraction of sp³-hybridized carbons (Fsp3) is 0.638. The van der Waals surface area contributed by atoms with Gasteiger partial charge in [0.25, 0.3) is 11.8 Å². The molecule has 0 aliphatic carbocycles. The monoisotopic (exact) mass is 931 g/mol. The number of allylic oxidation sites excluding steroid dienone is 3. The molecule has 1 unspecified atom stereocenters. The number of rotatable bonds is 16. The minimum atomic E-state index is -1.84. The summed E-state index contributed by atoms with van der Waals surface area (Å²) in [7, 11) is 4.50. The van der Waals surface area contributed by atoms with Crippen LogP contribution in [0.2, 0.25) is 5.02 Å². The summed E-state index contributed by atoms with van der Waals surface area (Å²) in [5.41, 5.74) is -1.87. The maximum Gasteiger partial charge on any atom is 0.409 e. The molecule has 4 bridgehead atoms. The molecule has 17 nitrogen and oxygen atoms in total. The minimum Gasteiger partial charge on any atom is -0.495 e. The van der Waals surface area contributed by atoms with Crippen molar-refractivity contribution in [3.8, 4) is 5.75 Å². The Morgan fingerprint density at radius 2 is 1.68 bits per heavy atom. The van der Waals surface area contributed by atoms with Crippen LogP contribution in [-0.4, -0.2) is 142 Å². The molecule has 4 aliphatic rings. The van der Waals surface area contributed by atoms with E-state index < -0.39 is 71.1 Å². The molecule has 0 saturated carbocycles. The molecular formula is C47H66ClN3O14. The Morgan fingerprint density at radius 1 is 1.03 bits per heavy atom. The number of nitrogens with one attached hydrogen (secondary N) is 1. The first-order valence-electron chi connectivity index (χ1n) is 21.8. The van der Waals surface area contributed by atoms with Crippen LogP contribution in [0.5, 0.6) is 5.75 Å². The number of anilines is 1. The van der Waals surface area contributed by atoms with Crippen molar-refractivity contribution < 1.29 is 67.0 Å². The van der Waals surface area contributed by atoms with E-state index in [-0.39, 0.29) is 61.5 Å². The molecule has 18 heteroatoms. The van der Waals surface area contributed by atoms with E-state index in [0.717, 1.165) is 16.0 Å². The number of fused-ring (bicyclic) bond motifs is 5. The Kier molecular flexibility index (Phi) is 16.7. The van der Waals surface area contributed by atoms with Gasteiger partial charge in [0, 0.05) is 49.5 Å². The lowest BCUT2D eigenvalue weighted by Gasteiger charge is -2.42. The second-order valence-electron chi connectivity index (χ2n) is 19.2. The van der Waals surface area contributed by atoms with Crippen LogP contribution in [0.25, 0.3) is 0 Å². The maximum atomic E-state index is 14.3. The summed E-state index contributed by atoms with van der Waals surface area (Å²) in [6.07, 6.45) is 2.30. The quantitative estimate of drug-likeness (QED) is 0.0962. The first-order chi connectivity index (χ1) is 30.4. The molecule has 2 fully saturated rings. The molecule has 5 rings (SSSR count). The van der Waals surface area contributed by atoms with Crippen LogP contribution in [0.3, 0.4) is 0 Å². The normalized spacial score (nSPS) is 29.4. The fourth-order valence-electron chi connectivity index (χ4n) is 8.10. The molecule has 8 atom stereocenters. The smallest absolute Gasteiger partial charge is 0.409 e. The lowest BCUT2D eigenvalue weighted by molar-refractivity contribution is -0.168. The Balaban J connectivity index is 1.29. The van der Waals surface area contributed by atoms with Crippen LogP contribution in [0.1, 0.15) is 73.8 Å². The molecule has 360 valence electrons. The Labute approximate surface area is 386 Å². The summed E-state index contributed by atoms with van der Waals surface area (Å²) in [4.78, 5) is 67.3. The minimum absolute atomic E-state index is 0.0589. The van der Waals surface area contributed by atoms with E-state index >= 15 is 0 Å². The largest absolute Gasteiger partial charge is 0.495 e. The van der Waals surface area contributed by atoms with Gasteiger partial charge in [-0.1, -0.05) is 70.0 Å². The number of hydrogen-bond donors (Lipinski definition) is 2. The van der Waals surface area contributed by atoms with Crippen molar-refractivity contribution in [2.45, 2.75) is 116 Å². The van der Waals surface area contributed by atoms with Crippen molar-refractivity contribution in [2.24, 2.45) is 16.7 Å². The van der Waals surface area contributed by atoms with E-state index in [0.29, 0.717) is 31.1 Å². The zero-order chi connectivity index (χ0) is 48.1. The number of nitrogens with zero attached hydrogens (tertiary/aromatic N) is 2. The lowest BCUT2D eigenvalue weighted by Crippen LogP contribution is -2.63. The summed E-state index contributed by atoms with van der Waals surface area (Å²) in [5, 5.41) is 14.6. The summed E-state index contributed by atoms with van der Waals surface area (Å²) in [6, 6.07) is 3.59. The number of amides is 4. The summed E-state index contributed by atoms with van der Waals surface area (Å²) in [5.74, 6) is -2.04. The molecule has 2 N–H and O–H groups in total. The molecule has 4 heterocycles. The number of methoxy groups -OCH3 is 2. The average molecular weight is 933 g/mol. The van der Waals surface area contributed by atoms with Crippen LogP contribution in [0.4, 0.5) is 10.5 Å². The second-order valence-corrected chi connectivity index (χ2v) is 19.6. The zero-order valence-corrected chi connectivity index (χ0v) is 40.2. The first-order valence-corrected chi connectivity index (χ1v) is 22.2. The van der Waals surface area contributed by atoms with Gasteiger partial charge in [0.05, 0.1) is 64.9 Å².